The maximum Gasteiger partial charge on any atom is 0.251 e. The molecule has 0 radical (unpaired) electrons. The van der Waals surface area contributed by atoms with Crippen molar-refractivity contribution in [2.75, 3.05) is 25.0 Å². The van der Waals surface area contributed by atoms with Gasteiger partial charge in [0.05, 0.1) is 6.20 Å². The molecule has 24 heavy (non-hydrogen) atoms. The molecule has 0 unspecified atom stereocenters. The van der Waals surface area contributed by atoms with E-state index >= 15 is 0 Å². The molecule has 1 saturated heterocycles. The summed E-state index contributed by atoms with van der Waals surface area (Å²) in [5.41, 5.74) is 1.47. The van der Waals surface area contributed by atoms with Gasteiger partial charge in [-0.15, -0.1) is 0 Å². The van der Waals surface area contributed by atoms with Crippen molar-refractivity contribution in [1.82, 2.24) is 20.6 Å². The first-order chi connectivity index (χ1) is 11.8. The SMILES string of the molecule is O=C(NCCC1CCNCC1)c1cccc(Nc2cnccn2)c1. The Balaban J connectivity index is 1.52. The molecule has 0 saturated carbocycles. The molecule has 6 nitrogen and oxygen atoms in total. The number of amides is 1. The van der Waals surface area contributed by atoms with Gasteiger partial charge in [-0.1, -0.05) is 6.07 Å². The molecule has 1 amide bonds. The zero-order chi connectivity index (χ0) is 16.6. The second-order valence-electron chi connectivity index (χ2n) is 6.03. The number of rotatable bonds is 6. The number of hydrogen-bond donors (Lipinski definition) is 3. The average molecular weight is 325 g/mol. The van der Waals surface area contributed by atoms with Crippen molar-refractivity contribution in [2.24, 2.45) is 5.92 Å². The van der Waals surface area contributed by atoms with Gasteiger partial charge in [-0.2, -0.15) is 0 Å². The van der Waals surface area contributed by atoms with E-state index in [9.17, 15) is 4.79 Å². The average Bonchev–Trinajstić information content (AvgIpc) is 2.64. The predicted octanol–water partition coefficient (Wildman–Crippen LogP) is 2.34. The molecule has 6 heteroatoms. The van der Waals surface area contributed by atoms with Crippen LogP contribution in [-0.4, -0.2) is 35.5 Å². The van der Waals surface area contributed by atoms with Gasteiger partial charge in [-0.3, -0.25) is 9.78 Å². The Morgan fingerprint density at radius 2 is 2.12 bits per heavy atom. The highest BCUT2D eigenvalue weighted by Crippen LogP contribution is 2.16. The first-order valence-corrected chi connectivity index (χ1v) is 8.43. The number of benzene rings is 1. The summed E-state index contributed by atoms with van der Waals surface area (Å²) in [5, 5.41) is 9.53. The smallest absolute Gasteiger partial charge is 0.251 e. The Hall–Kier alpha value is -2.47. The van der Waals surface area contributed by atoms with Crippen LogP contribution in [0.1, 0.15) is 29.6 Å². The topological polar surface area (TPSA) is 78.9 Å². The van der Waals surface area contributed by atoms with Gasteiger partial charge >= 0.3 is 0 Å². The van der Waals surface area contributed by atoms with E-state index < -0.39 is 0 Å². The molecule has 1 aromatic heterocycles. The van der Waals surface area contributed by atoms with Crippen molar-refractivity contribution in [1.29, 1.82) is 0 Å². The monoisotopic (exact) mass is 325 g/mol. The molecular formula is C18H23N5O. The van der Waals surface area contributed by atoms with Gasteiger partial charge in [0.2, 0.25) is 0 Å². The van der Waals surface area contributed by atoms with Crippen LogP contribution in [0.25, 0.3) is 0 Å². The molecule has 0 bridgehead atoms. The molecule has 0 atom stereocenters. The standard InChI is InChI=1S/C18H23N5O/c24-18(22-9-6-14-4-7-19-8-5-14)15-2-1-3-16(12-15)23-17-13-20-10-11-21-17/h1-3,10-14,19H,4-9H2,(H,21,23)(H,22,24). The van der Waals surface area contributed by atoms with Crippen LogP contribution < -0.4 is 16.0 Å². The summed E-state index contributed by atoms with van der Waals surface area (Å²) in [4.78, 5) is 20.5. The first-order valence-electron chi connectivity index (χ1n) is 8.43. The maximum absolute atomic E-state index is 12.3. The third-order valence-corrected chi connectivity index (χ3v) is 4.26. The summed E-state index contributed by atoms with van der Waals surface area (Å²) >= 11 is 0. The van der Waals surface area contributed by atoms with E-state index in [0.29, 0.717) is 11.4 Å². The number of carbonyl (C=O) groups excluding carboxylic acids is 1. The fourth-order valence-corrected chi connectivity index (χ4v) is 2.91. The maximum atomic E-state index is 12.3. The van der Waals surface area contributed by atoms with Crippen molar-refractivity contribution in [3.8, 4) is 0 Å². The number of carbonyl (C=O) groups is 1. The van der Waals surface area contributed by atoms with Crippen LogP contribution in [0.3, 0.4) is 0 Å². The molecule has 126 valence electrons. The normalized spacial score (nSPS) is 15.0. The summed E-state index contributed by atoms with van der Waals surface area (Å²) in [6.45, 7) is 2.91. The third kappa shape index (κ3) is 4.76. The molecule has 1 aromatic carbocycles. The van der Waals surface area contributed by atoms with Gasteiger partial charge in [0.25, 0.3) is 5.91 Å². The highest BCUT2D eigenvalue weighted by Gasteiger charge is 2.13. The second kappa shape index (κ2) is 8.40. The van der Waals surface area contributed by atoms with Crippen LogP contribution >= 0.6 is 0 Å². The summed E-state index contributed by atoms with van der Waals surface area (Å²) in [6, 6.07) is 7.41. The fraction of sp³-hybridized carbons (Fsp3) is 0.389. The summed E-state index contributed by atoms with van der Waals surface area (Å²) in [6.07, 6.45) is 8.34. The minimum absolute atomic E-state index is 0.0354. The molecule has 0 spiro atoms. The van der Waals surface area contributed by atoms with Crippen LogP contribution in [0, 0.1) is 5.92 Å². The first kappa shape index (κ1) is 16.4. The van der Waals surface area contributed by atoms with Crippen molar-refractivity contribution >= 4 is 17.4 Å². The number of nitrogens with zero attached hydrogens (tertiary/aromatic N) is 2. The molecule has 0 aliphatic carbocycles. The lowest BCUT2D eigenvalue weighted by Gasteiger charge is -2.22. The molecule has 2 aromatic rings. The highest BCUT2D eigenvalue weighted by atomic mass is 16.1. The van der Waals surface area contributed by atoms with Crippen molar-refractivity contribution in [3.63, 3.8) is 0 Å². The molecular weight excluding hydrogens is 302 g/mol. The number of nitrogens with one attached hydrogen (secondary N) is 3. The summed E-state index contributed by atoms with van der Waals surface area (Å²) < 4.78 is 0. The van der Waals surface area contributed by atoms with Crippen molar-refractivity contribution < 1.29 is 4.79 Å². The summed E-state index contributed by atoms with van der Waals surface area (Å²) in [7, 11) is 0. The fourth-order valence-electron chi connectivity index (χ4n) is 2.91. The number of anilines is 2. The van der Waals surface area contributed by atoms with Crippen LogP contribution in [0.2, 0.25) is 0 Å². The number of hydrogen-bond acceptors (Lipinski definition) is 5. The molecule has 1 aliphatic heterocycles. The zero-order valence-corrected chi connectivity index (χ0v) is 13.7. The Kier molecular flexibility index (Phi) is 5.74. The molecule has 3 rings (SSSR count). The van der Waals surface area contributed by atoms with Gasteiger partial charge in [-0.05, 0) is 56.5 Å². The largest absolute Gasteiger partial charge is 0.352 e. The van der Waals surface area contributed by atoms with E-state index in [2.05, 4.69) is 25.9 Å². The van der Waals surface area contributed by atoms with E-state index in [1.54, 1.807) is 18.6 Å². The quantitative estimate of drug-likeness (QED) is 0.760. The highest BCUT2D eigenvalue weighted by molar-refractivity contribution is 5.95. The van der Waals surface area contributed by atoms with Gasteiger partial charge in [0.15, 0.2) is 0 Å². The Bertz CT molecular complexity index is 655. The summed E-state index contributed by atoms with van der Waals surface area (Å²) in [5.74, 6) is 1.34. The van der Waals surface area contributed by atoms with Gasteiger partial charge in [-0.25, -0.2) is 4.98 Å². The lowest BCUT2D eigenvalue weighted by molar-refractivity contribution is 0.0950. The van der Waals surface area contributed by atoms with Gasteiger partial charge in [0, 0.05) is 30.2 Å². The molecule has 1 fully saturated rings. The Labute approximate surface area is 142 Å². The van der Waals surface area contributed by atoms with E-state index in [1.807, 2.05) is 24.3 Å². The van der Waals surface area contributed by atoms with Crippen molar-refractivity contribution in [2.45, 2.75) is 19.3 Å². The van der Waals surface area contributed by atoms with Crippen LogP contribution in [0.5, 0.6) is 0 Å². The lowest BCUT2D eigenvalue weighted by Crippen LogP contribution is -2.31. The minimum atomic E-state index is -0.0354. The van der Waals surface area contributed by atoms with Crippen LogP contribution in [0.4, 0.5) is 11.5 Å². The van der Waals surface area contributed by atoms with Crippen LogP contribution in [-0.2, 0) is 0 Å². The number of piperidine rings is 1. The Morgan fingerprint density at radius 1 is 1.25 bits per heavy atom. The second-order valence-corrected chi connectivity index (χ2v) is 6.03. The lowest BCUT2D eigenvalue weighted by atomic mass is 9.95. The van der Waals surface area contributed by atoms with Crippen LogP contribution in [0.15, 0.2) is 42.9 Å². The predicted molar refractivity (Wildman–Crippen MR) is 94.3 cm³/mol. The van der Waals surface area contributed by atoms with E-state index in [4.69, 9.17) is 0 Å². The Morgan fingerprint density at radius 3 is 2.92 bits per heavy atom. The third-order valence-electron chi connectivity index (χ3n) is 4.26. The molecule has 3 N–H and O–H groups in total. The molecule has 1 aliphatic rings. The van der Waals surface area contributed by atoms with E-state index in [0.717, 1.165) is 37.7 Å². The molecule has 2 heterocycles. The minimum Gasteiger partial charge on any atom is -0.352 e. The van der Waals surface area contributed by atoms with Crippen molar-refractivity contribution in [3.05, 3.63) is 48.4 Å². The number of aromatic nitrogens is 2. The van der Waals surface area contributed by atoms with E-state index in [1.165, 1.54) is 12.8 Å². The zero-order valence-electron chi connectivity index (χ0n) is 13.7. The van der Waals surface area contributed by atoms with Gasteiger partial charge < -0.3 is 16.0 Å². The van der Waals surface area contributed by atoms with E-state index in [-0.39, 0.29) is 5.91 Å². The van der Waals surface area contributed by atoms with Gasteiger partial charge in [0.1, 0.15) is 5.82 Å².